The zero-order valence-electron chi connectivity index (χ0n) is 40.0. The highest BCUT2D eigenvalue weighted by Gasteiger charge is 2.31. The summed E-state index contributed by atoms with van der Waals surface area (Å²) < 4.78 is 0. The van der Waals surface area contributed by atoms with Crippen molar-refractivity contribution in [3.05, 3.63) is 0 Å². The minimum atomic E-state index is 0.825. The predicted octanol–water partition coefficient (Wildman–Crippen LogP) is 20.1. The van der Waals surface area contributed by atoms with Crippen LogP contribution in [0.4, 0.5) is 0 Å². The topological polar surface area (TPSA) is 3.24 Å². The van der Waals surface area contributed by atoms with Crippen molar-refractivity contribution in [2.24, 2.45) is 0 Å². The molecule has 0 radical (unpaired) electrons. The van der Waals surface area contributed by atoms with Gasteiger partial charge in [0.05, 0.1) is 0 Å². The summed E-state index contributed by atoms with van der Waals surface area (Å²) in [6.45, 7) is 14.2. The average Bonchev–Trinajstić information content (AvgIpc) is 3.19. The van der Waals surface area contributed by atoms with Gasteiger partial charge in [0.1, 0.15) is 0 Å². The third-order valence-electron chi connectivity index (χ3n) is 13.4. The lowest BCUT2D eigenvalue weighted by Crippen LogP contribution is -2.50. The second kappa shape index (κ2) is 46.6. The molecule has 1 heteroatoms. The van der Waals surface area contributed by atoms with Crippen molar-refractivity contribution in [1.29, 1.82) is 0 Å². The van der Waals surface area contributed by atoms with Crippen molar-refractivity contribution in [3.63, 3.8) is 0 Å². The number of nitrogens with zero attached hydrogens (tertiary/aromatic N) is 1. The van der Waals surface area contributed by atoms with Crippen molar-refractivity contribution in [3.8, 4) is 0 Å². The minimum Gasteiger partial charge on any atom is -0.294 e. The average molecular weight is 774 g/mol. The Labute approximate surface area is 352 Å². The molecule has 0 amide bonds. The number of hydrogen-bond donors (Lipinski definition) is 0. The summed E-state index contributed by atoms with van der Waals surface area (Å²) in [6, 6.07) is 2.48. The molecule has 0 aromatic carbocycles. The molecule has 0 aliphatic heterocycles. The molecule has 55 heavy (non-hydrogen) atoms. The minimum absolute atomic E-state index is 0.825. The Morgan fingerprint density at radius 1 is 0.182 bits per heavy atom. The van der Waals surface area contributed by atoms with Gasteiger partial charge in [0.2, 0.25) is 0 Å². The fraction of sp³-hybridized carbons (Fsp3) is 1.00. The van der Waals surface area contributed by atoms with Gasteiger partial charge in [0.25, 0.3) is 0 Å². The Balaban J connectivity index is 6.36. The van der Waals surface area contributed by atoms with Crippen LogP contribution >= 0.6 is 0 Å². The van der Waals surface area contributed by atoms with Crippen LogP contribution in [0.1, 0.15) is 330 Å². The van der Waals surface area contributed by atoms with Gasteiger partial charge in [0, 0.05) is 18.1 Å². The van der Waals surface area contributed by atoms with Crippen molar-refractivity contribution in [2.75, 3.05) is 0 Å². The third-order valence-corrected chi connectivity index (χ3v) is 13.4. The van der Waals surface area contributed by atoms with Gasteiger partial charge in [-0.1, -0.05) is 292 Å². The molecule has 0 aliphatic rings. The van der Waals surface area contributed by atoms with Gasteiger partial charge in [-0.25, -0.2) is 0 Å². The molecule has 3 atom stereocenters. The SMILES string of the molecule is CCCCCCCCCC(CCCCCCCC)N(C(CCCCCCCC)CCCCCCCCC)C(CCCCCCCC)CCCCCCCCC. The van der Waals surface area contributed by atoms with Crippen LogP contribution < -0.4 is 0 Å². The number of unbranched alkanes of at least 4 members (excludes halogenated alkanes) is 33. The third kappa shape index (κ3) is 36.8. The Morgan fingerprint density at radius 3 is 0.455 bits per heavy atom. The standard InChI is InChI=1S/C54H111N/c1-7-13-19-25-31-37-43-49-52(46-40-34-28-22-16-10-4)55(53(47-41-35-29-23-17-11-5)50-44-38-32-26-20-14-8-2)54(48-42-36-30-24-18-12-6)51-45-39-33-27-21-15-9-3/h52-54H,7-51H2,1-6H3. The first-order valence-corrected chi connectivity index (χ1v) is 27.0. The molecule has 0 aliphatic carbocycles. The molecular weight excluding hydrogens is 663 g/mol. The van der Waals surface area contributed by atoms with Crippen LogP contribution in [0.15, 0.2) is 0 Å². The summed E-state index contributed by atoms with van der Waals surface area (Å²) in [6.07, 6.45) is 65.4. The molecule has 3 unspecified atom stereocenters. The van der Waals surface area contributed by atoms with Gasteiger partial charge in [-0.2, -0.15) is 0 Å². The van der Waals surface area contributed by atoms with E-state index in [1.807, 2.05) is 0 Å². The molecule has 0 aromatic heterocycles. The molecule has 1 nitrogen and oxygen atoms in total. The van der Waals surface area contributed by atoms with Crippen molar-refractivity contribution in [1.82, 2.24) is 4.90 Å². The highest BCUT2D eigenvalue weighted by atomic mass is 15.2. The molecular formula is C54H111N. The summed E-state index contributed by atoms with van der Waals surface area (Å²) in [5, 5.41) is 0. The maximum Gasteiger partial charge on any atom is 0.0101 e. The molecule has 332 valence electrons. The largest absolute Gasteiger partial charge is 0.294 e. The van der Waals surface area contributed by atoms with Gasteiger partial charge in [0.15, 0.2) is 0 Å². The van der Waals surface area contributed by atoms with Crippen LogP contribution in [0.3, 0.4) is 0 Å². The highest BCUT2D eigenvalue weighted by Crippen LogP contribution is 2.32. The molecule has 0 bridgehead atoms. The summed E-state index contributed by atoms with van der Waals surface area (Å²) in [5.74, 6) is 0. The summed E-state index contributed by atoms with van der Waals surface area (Å²) in [5.41, 5.74) is 0. The lowest BCUT2D eigenvalue weighted by Gasteiger charge is -2.45. The molecule has 0 N–H and O–H groups in total. The Hall–Kier alpha value is -0.0400. The van der Waals surface area contributed by atoms with E-state index < -0.39 is 0 Å². The van der Waals surface area contributed by atoms with E-state index in [-0.39, 0.29) is 0 Å². The van der Waals surface area contributed by atoms with Crippen molar-refractivity contribution >= 4 is 0 Å². The molecule has 0 aromatic rings. The van der Waals surface area contributed by atoms with E-state index in [4.69, 9.17) is 0 Å². The van der Waals surface area contributed by atoms with E-state index in [0.29, 0.717) is 0 Å². The lowest BCUT2D eigenvalue weighted by atomic mass is 9.88. The van der Waals surface area contributed by atoms with Crippen LogP contribution in [0.5, 0.6) is 0 Å². The van der Waals surface area contributed by atoms with E-state index in [2.05, 4.69) is 46.4 Å². The predicted molar refractivity (Wildman–Crippen MR) is 255 cm³/mol. The van der Waals surface area contributed by atoms with E-state index in [0.717, 1.165) is 18.1 Å². The first-order valence-electron chi connectivity index (χ1n) is 27.0. The lowest BCUT2D eigenvalue weighted by molar-refractivity contribution is 0.0406. The second-order valence-electron chi connectivity index (χ2n) is 18.8. The maximum absolute atomic E-state index is 3.38. The fourth-order valence-corrected chi connectivity index (χ4v) is 9.71. The molecule has 0 rings (SSSR count). The van der Waals surface area contributed by atoms with E-state index in [1.54, 1.807) is 0 Å². The van der Waals surface area contributed by atoms with Crippen molar-refractivity contribution in [2.45, 2.75) is 349 Å². The van der Waals surface area contributed by atoms with Gasteiger partial charge in [-0.3, -0.25) is 4.90 Å². The summed E-state index contributed by atoms with van der Waals surface area (Å²) >= 11 is 0. The molecule has 0 fully saturated rings. The van der Waals surface area contributed by atoms with Gasteiger partial charge < -0.3 is 0 Å². The number of rotatable bonds is 48. The molecule has 0 saturated carbocycles. The zero-order valence-corrected chi connectivity index (χ0v) is 40.0. The summed E-state index contributed by atoms with van der Waals surface area (Å²) in [7, 11) is 0. The maximum atomic E-state index is 3.38. The fourth-order valence-electron chi connectivity index (χ4n) is 9.71. The van der Waals surface area contributed by atoms with Gasteiger partial charge in [-0.15, -0.1) is 0 Å². The van der Waals surface area contributed by atoms with E-state index in [1.165, 1.54) is 289 Å². The number of hydrogen-bond acceptors (Lipinski definition) is 1. The van der Waals surface area contributed by atoms with Crippen LogP contribution in [-0.4, -0.2) is 23.0 Å². The molecule has 0 spiro atoms. The van der Waals surface area contributed by atoms with Gasteiger partial charge in [-0.05, 0) is 38.5 Å². The first kappa shape index (κ1) is 55.0. The Kier molecular flexibility index (Phi) is 46.6. The Bertz CT molecular complexity index is 582. The zero-order chi connectivity index (χ0) is 40.1. The molecule has 0 heterocycles. The normalized spacial score (nSPS) is 13.6. The van der Waals surface area contributed by atoms with E-state index >= 15 is 0 Å². The van der Waals surface area contributed by atoms with Crippen LogP contribution in [0, 0.1) is 0 Å². The quantitative estimate of drug-likeness (QED) is 0.0557. The molecule has 0 saturated heterocycles. The Morgan fingerprint density at radius 2 is 0.309 bits per heavy atom. The van der Waals surface area contributed by atoms with Crippen LogP contribution in [-0.2, 0) is 0 Å². The smallest absolute Gasteiger partial charge is 0.0101 e. The summed E-state index contributed by atoms with van der Waals surface area (Å²) in [4.78, 5) is 3.38. The monoisotopic (exact) mass is 774 g/mol. The van der Waals surface area contributed by atoms with E-state index in [9.17, 15) is 0 Å². The van der Waals surface area contributed by atoms with Gasteiger partial charge >= 0.3 is 0 Å². The van der Waals surface area contributed by atoms with Crippen LogP contribution in [0.2, 0.25) is 0 Å². The second-order valence-corrected chi connectivity index (χ2v) is 18.8. The van der Waals surface area contributed by atoms with Crippen LogP contribution in [0.25, 0.3) is 0 Å². The first-order chi connectivity index (χ1) is 27.2. The van der Waals surface area contributed by atoms with Crippen molar-refractivity contribution < 1.29 is 0 Å². The highest BCUT2D eigenvalue weighted by molar-refractivity contribution is 4.87.